The Balaban J connectivity index is 1.47. The highest BCUT2D eigenvalue weighted by atomic mass is 35.5. The van der Waals surface area contributed by atoms with Gasteiger partial charge in [-0.05, 0) is 48.5 Å². The van der Waals surface area contributed by atoms with Gasteiger partial charge in [-0.2, -0.15) is 4.31 Å². The number of piperazine rings is 1. The molecule has 0 saturated carbocycles. The summed E-state index contributed by atoms with van der Waals surface area (Å²) in [6.45, 7) is 3.58. The Morgan fingerprint density at radius 1 is 0.846 bits per heavy atom. The second-order valence-electron chi connectivity index (χ2n) is 6.00. The molecule has 0 atom stereocenters. The molecule has 1 aliphatic rings. The monoisotopic (exact) mass is 414 g/mol. The Labute approximate surface area is 164 Å². The van der Waals surface area contributed by atoms with Crippen molar-refractivity contribution in [3.63, 3.8) is 0 Å². The standard InChI is InChI=1S/C18H20Cl2N2O3S/c19-15-1-5-17(6-2-15)25-14-13-21-9-11-22(12-10-21)26(23,24)18-7-3-16(20)4-8-18/h1-8H,9-14H2. The molecule has 1 aliphatic heterocycles. The van der Waals surface area contributed by atoms with E-state index in [2.05, 4.69) is 4.90 Å². The molecule has 5 nitrogen and oxygen atoms in total. The van der Waals surface area contributed by atoms with E-state index in [1.54, 1.807) is 36.4 Å². The van der Waals surface area contributed by atoms with Crippen molar-refractivity contribution >= 4 is 33.2 Å². The van der Waals surface area contributed by atoms with Crippen LogP contribution in [0.2, 0.25) is 10.0 Å². The molecule has 0 aromatic heterocycles. The van der Waals surface area contributed by atoms with Crippen LogP contribution < -0.4 is 4.74 Å². The van der Waals surface area contributed by atoms with Crippen LogP contribution in [0.4, 0.5) is 0 Å². The van der Waals surface area contributed by atoms with Crippen molar-refractivity contribution in [1.29, 1.82) is 0 Å². The molecular formula is C18H20Cl2N2O3S. The van der Waals surface area contributed by atoms with Gasteiger partial charge in [0.1, 0.15) is 12.4 Å². The molecule has 3 rings (SSSR count). The largest absolute Gasteiger partial charge is 0.492 e. The molecule has 2 aromatic rings. The number of sulfonamides is 1. The number of ether oxygens (including phenoxy) is 1. The predicted octanol–water partition coefficient (Wildman–Crippen LogP) is 3.38. The van der Waals surface area contributed by atoms with E-state index in [1.165, 1.54) is 4.31 Å². The molecule has 1 fully saturated rings. The minimum atomic E-state index is -3.47. The fraction of sp³-hybridized carbons (Fsp3) is 0.333. The fourth-order valence-electron chi connectivity index (χ4n) is 2.77. The van der Waals surface area contributed by atoms with E-state index < -0.39 is 10.0 Å². The van der Waals surface area contributed by atoms with Crippen molar-refractivity contribution in [2.75, 3.05) is 39.3 Å². The van der Waals surface area contributed by atoms with Gasteiger partial charge in [0.25, 0.3) is 0 Å². The zero-order chi connectivity index (χ0) is 18.6. The zero-order valence-corrected chi connectivity index (χ0v) is 16.5. The third-order valence-corrected chi connectivity index (χ3v) is 6.69. The van der Waals surface area contributed by atoms with Gasteiger partial charge in [0.15, 0.2) is 0 Å². The molecule has 0 amide bonds. The average molecular weight is 415 g/mol. The van der Waals surface area contributed by atoms with Gasteiger partial charge in [0, 0.05) is 42.8 Å². The molecule has 1 heterocycles. The minimum absolute atomic E-state index is 0.279. The predicted molar refractivity (Wildman–Crippen MR) is 104 cm³/mol. The summed E-state index contributed by atoms with van der Waals surface area (Å²) < 4.78 is 32.5. The number of hydrogen-bond donors (Lipinski definition) is 0. The lowest BCUT2D eigenvalue weighted by Gasteiger charge is -2.33. The third kappa shape index (κ3) is 4.90. The first-order chi connectivity index (χ1) is 12.4. The van der Waals surface area contributed by atoms with Crippen molar-refractivity contribution in [2.45, 2.75) is 4.90 Å². The van der Waals surface area contributed by atoms with Crippen LogP contribution >= 0.6 is 23.2 Å². The van der Waals surface area contributed by atoms with Gasteiger partial charge in [-0.3, -0.25) is 4.90 Å². The molecular weight excluding hydrogens is 395 g/mol. The highest BCUT2D eigenvalue weighted by Gasteiger charge is 2.28. The maximum absolute atomic E-state index is 12.7. The lowest BCUT2D eigenvalue weighted by molar-refractivity contribution is 0.159. The van der Waals surface area contributed by atoms with Crippen molar-refractivity contribution < 1.29 is 13.2 Å². The van der Waals surface area contributed by atoms with E-state index in [1.807, 2.05) is 12.1 Å². The van der Waals surface area contributed by atoms with Gasteiger partial charge in [-0.25, -0.2) is 8.42 Å². The van der Waals surface area contributed by atoms with Crippen LogP contribution in [0.15, 0.2) is 53.4 Å². The Bertz CT molecular complexity index is 819. The molecule has 26 heavy (non-hydrogen) atoms. The van der Waals surface area contributed by atoms with Crippen LogP contribution in [-0.4, -0.2) is 57.0 Å². The topological polar surface area (TPSA) is 49.9 Å². The molecule has 8 heteroatoms. The molecule has 0 bridgehead atoms. The second kappa shape index (κ2) is 8.59. The van der Waals surface area contributed by atoms with Crippen molar-refractivity contribution in [2.24, 2.45) is 0 Å². The summed E-state index contributed by atoms with van der Waals surface area (Å²) in [6.07, 6.45) is 0. The number of benzene rings is 2. The molecule has 0 radical (unpaired) electrons. The highest BCUT2D eigenvalue weighted by molar-refractivity contribution is 7.89. The summed E-state index contributed by atoms with van der Waals surface area (Å²) in [7, 11) is -3.47. The normalized spacial score (nSPS) is 16.5. The first-order valence-corrected chi connectivity index (χ1v) is 10.5. The molecule has 0 N–H and O–H groups in total. The maximum atomic E-state index is 12.7. The van der Waals surface area contributed by atoms with Gasteiger partial charge >= 0.3 is 0 Å². The Morgan fingerprint density at radius 2 is 1.38 bits per heavy atom. The van der Waals surface area contributed by atoms with Gasteiger partial charge in [-0.1, -0.05) is 23.2 Å². The van der Waals surface area contributed by atoms with E-state index in [4.69, 9.17) is 27.9 Å². The van der Waals surface area contributed by atoms with Gasteiger partial charge in [0.2, 0.25) is 10.0 Å². The molecule has 0 spiro atoms. The highest BCUT2D eigenvalue weighted by Crippen LogP contribution is 2.20. The SMILES string of the molecule is O=S(=O)(c1ccc(Cl)cc1)N1CCN(CCOc2ccc(Cl)cc2)CC1. The quantitative estimate of drug-likeness (QED) is 0.726. The lowest BCUT2D eigenvalue weighted by Crippen LogP contribution is -2.49. The minimum Gasteiger partial charge on any atom is -0.492 e. The molecule has 2 aromatic carbocycles. The van der Waals surface area contributed by atoms with Crippen LogP contribution in [0.3, 0.4) is 0 Å². The van der Waals surface area contributed by atoms with E-state index in [9.17, 15) is 8.42 Å². The Morgan fingerprint density at radius 3 is 1.96 bits per heavy atom. The lowest BCUT2D eigenvalue weighted by atomic mass is 10.3. The summed E-state index contributed by atoms with van der Waals surface area (Å²) in [5, 5.41) is 1.20. The fourth-order valence-corrected chi connectivity index (χ4v) is 4.45. The van der Waals surface area contributed by atoms with E-state index in [-0.39, 0.29) is 4.90 Å². The van der Waals surface area contributed by atoms with E-state index >= 15 is 0 Å². The summed E-state index contributed by atoms with van der Waals surface area (Å²) in [6, 6.07) is 13.5. The smallest absolute Gasteiger partial charge is 0.243 e. The molecule has 140 valence electrons. The van der Waals surface area contributed by atoms with Crippen LogP contribution in [0.25, 0.3) is 0 Å². The van der Waals surface area contributed by atoms with Gasteiger partial charge in [-0.15, -0.1) is 0 Å². The third-order valence-electron chi connectivity index (χ3n) is 4.27. The summed E-state index contributed by atoms with van der Waals surface area (Å²) in [4.78, 5) is 2.48. The average Bonchev–Trinajstić information content (AvgIpc) is 2.64. The summed E-state index contributed by atoms with van der Waals surface area (Å²) in [5.74, 6) is 0.776. The number of rotatable bonds is 6. The van der Waals surface area contributed by atoms with Crippen LogP contribution in [-0.2, 0) is 10.0 Å². The number of halogens is 2. The van der Waals surface area contributed by atoms with Gasteiger partial charge in [0.05, 0.1) is 4.90 Å². The van der Waals surface area contributed by atoms with E-state index in [0.717, 1.165) is 12.3 Å². The molecule has 0 aliphatic carbocycles. The molecule has 1 saturated heterocycles. The maximum Gasteiger partial charge on any atom is 0.243 e. The zero-order valence-electron chi connectivity index (χ0n) is 14.1. The number of nitrogens with zero attached hydrogens (tertiary/aromatic N) is 2. The van der Waals surface area contributed by atoms with Crippen molar-refractivity contribution in [1.82, 2.24) is 9.21 Å². The summed E-state index contributed by atoms with van der Waals surface area (Å²) in [5.41, 5.74) is 0. The van der Waals surface area contributed by atoms with Crippen molar-refractivity contribution in [3.8, 4) is 5.75 Å². The second-order valence-corrected chi connectivity index (χ2v) is 8.81. The Hall–Kier alpha value is -1.31. The number of hydrogen-bond acceptors (Lipinski definition) is 4. The molecule has 0 unspecified atom stereocenters. The van der Waals surface area contributed by atoms with E-state index in [0.29, 0.717) is 42.8 Å². The van der Waals surface area contributed by atoms with Crippen LogP contribution in [0, 0.1) is 0 Å². The first-order valence-electron chi connectivity index (χ1n) is 8.31. The van der Waals surface area contributed by atoms with Crippen LogP contribution in [0.1, 0.15) is 0 Å². The first kappa shape index (κ1) is 19.5. The van der Waals surface area contributed by atoms with Crippen LogP contribution in [0.5, 0.6) is 5.75 Å². The van der Waals surface area contributed by atoms with Gasteiger partial charge < -0.3 is 4.74 Å². The van der Waals surface area contributed by atoms with Crippen molar-refractivity contribution in [3.05, 3.63) is 58.6 Å². The summed E-state index contributed by atoms with van der Waals surface area (Å²) >= 11 is 11.7. The Kier molecular flexibility index (Phi) is 6.42.